The maximum atomic E-state index is 12.1. The number of carboxylic acid groups (broad SMARTS) is 1. The van der Waals surface area contributed by atoms with Gasteiger partial charge >= 0.3 is 5.97 Å². The van der Waals surface area contributed by atoms with Crippen molar-refractivity contribution in [2.75, 3.05) is 13.7 Å². The van der Waals surface area contributed by atoms with Crippen LogP contribution in [0.4, 0.5) is 0 Å². The minimum absolute atomic E-state index is 0.0537. The summed E-state index contributed by atoms with van der Waals surface area (Å²) in [4.78, 5) is 10.9. The van der Waals surface area contributed by atoms with E-state index in [2.05, 4.69) is 4.72 Å². The van der Waals surface area contributed by atoms with Gasteiger partial charge in [0.15, 0.2) is 6.10 Å². The fraction of sp³-hybridized carbons (Fsp3) is 0.462. The molecule has 0 aliphatic carbocycles. The minimum atomic E-state index is -3.64. The Morgan fingerprint density at radius 1 is 1.38 bits per heavy atom. The number of aliphatic carboxylic acids is 1. The highest BCUT2D eigenvalue weighted by Crippen LogP contribution is 2.20. The molecule has 2 N–H and O–H groups in total. The number of carboxylic acids is 1. The molecule has 1 aliphatic heterocycles. The molecular weight excluding hydrogens is 298 g/mol. The van der Waals surface area contributed by atoms with Crippen LogP contribution in [0.25, 0.3) is 0 Å². The summed E-state index contributed by atoms with van der Waals surface area (Å²) >= 11 is 0. The molecule has 116 valence electrons. The lowest BCUT2D eigenvalue weighted by molar-refractivity contribution is -0.149. The number of hydrogen-bond acceptors (Lipinski definition) is 5. The lowest BCUT2D eigenvalue weighted by Gasteiger charge is -2.13. The molecule has 1 heterocycles. The molecule has 0 saturated carbocycles. The third-order valence-electron chi connectivity index (χ3n) is 3.25. The van der Waals surface area contributed by atoms with Crippen molar-refractivity contribution in [3.63, 3.8) is 0 Å². The second kappa shape index (κ2) is 6.42. The molecule has 0 bridgehead atoms. The number of sulfonamides is 1. The average molecular weight is 315 g/mol. The van der Waals surface area contributed by atoms with Crippen molar-refractivity contribution in [3.05, 3.63) is 24.3 Å². The van der Waals surface area contributed by atoms with Crippen molar-refractivity contribution in [3.8, 4) is 5.75 Å². The average Bonchev–Trinajstić information content (AvgIpc) is 2.94. The quantitative estimate of drug-likeness (QED) is 0.797. The van der Waals surface area contributed by atoms with E-state index in [1.807, 2.05) is 0 Å². The first-order chi connectivity index (χ1) is 9.92. The van der Waals surface area contributed by atoms with Crippen LogP contribution in [0.15, 0.2) is 29.2 Å². The van der Waals surface area contributed by atoms with Crippen LogP contribution in [0.3, 0.4) is 0 Å². The number of methoxy groups -OCH3 is 1. The summed E-state index contributed by atoms with van der Waals surface area (Å²) < 4.78 is 36.8. The van der Waals surface area contributed by atoms with Crippen LogP contribution in [0.2, 0.25) is 0 Å². The predicted octanol–water partition coefficient (Wildman–Crippen LogP) is 0.606. The summed E-state index contributed by atoms with van der Waals surface area (Å²) in [5.41, 5.74) is 0. The largest absolute Gasteiger partial charge is 0.497 e. The number of rotatable bonds is 6. The summed E-state index contributed by atoms with van der Waals surface area (Å²) in [5, 5.41) is 8.81. The summed E-state index contributed by atoms with van der Waals surface area (Å²) in [6, 6.07) is 6.00. The molecule has 0 amide bonds. The third kappa shape index (κ3) is 3.93. The minimum Gasteiger partial charge on any atom is -0.497 e. The zero-order valence-corrected chi connectivity index (χ0v) is 12.3. The van der Waals surface area contributed by atoms with E-state index in [1.165, 1.54) is 19.2 Å². The Morgan fingerprint density at radius 3 is 2.57 bits per heavy atom. The molecule has 0 spiro atoms. The van der Waals surface area contributed by atoms with Crippen molar-refractivity contribution in [2.45, 2.75) is 29.9 Å². The zero-order valence-electron chi connectivity index (χ0n) is 11.5. The Labute approximate surface area is 122 Å². The second-order valence-electron chi connectivity index (χ2n) is 4.69. The van der Waals surface area contributed by atoms with Crippen molar-refractivity contribution >= 4 is 16.0 Å². The lowest BCUT2D eigenvalue weighted by atomic mass is 10.2. The summed E-state index contributed by atoms with van der Waals surface area (Å²) in [6.45, 7) is 0.0537. The van der Waals surface area contributed by atoms with E-state index in [1.54, 1.807) is 12.1 Å². The summed E-state index contributed by atoms with van der Waals surface area (Å²) in [5.74, 6) is -0.451. The monoisotopic (exact) mass is 315 g/mol. The molecule has 1 aromatic carbocycles. The Hall–Kier alpha value is -1.64. The van der Waals surface area contributed by atoms with E-state index >= 15 is 0 Å². The summed E-state index contributed by atoms with van der Waals surface area (Å²) in [6.07, 6.45) is -0.355. The van der Waals surface area contributed by atoms with Crippen LogP contribution >= 0.6 is 0 Å². The molecule has 21 heavy (non-hydrogen) atoms. The van der Waals surface area contributed by atoms with Gasteiger partial charge in [0.25, 0.3) is 0 Å². The van der Waals surface area contributed by atoms with Crippen LogP contribution in [-0.4, -0.2) is 45.4 Å². The predicted molar refractivity (Wildman–Crippen MR) is 73.7 cm³/mol. The van der Waals surface area contributed by atoms with Gasteiger partial charge in [-0.05, 0) is 37.1 Å². The van der Waals surface area contributed by atoms with Crippen molar-refractivity contribution in [1.29, 1.82) is 0 Å². The van der Waals surface area contributed by atoms with E-state index in [4.69, 9.17) is 14.6 Å². The Kier molecular flexibility index (Phi) is 4.81. The van der Waals surface area contributed by atoms with Crippen molar-refractivity contribution in [2.24, 2.45) is 0 Å². The number of benzene rings is 1. The number of nitrogens with one attached hydrogen (secondary N) is 1. The highest BCUT2D eigenvalue weighted by Gasteiger charge is 2.31. The Bertz CT molecular complexity index is 598. The molecule has 1 aromatic rings. The van der Waals surface area contributed by atoms with Crippen LogP contribution in [0, 0.1) is 0 Å². The number of ether oxygens (including phenoxy) is 2. The van der Waals surface area contributed by atoms with E-state index in [0.29, 0.717) is 18.6 Å². The van der Waals surface area contributed by atoms with Gasteiger partial charge in [-0.15, -0.1) is 0 Å². The van der Waals surface area contributed by atoms with Crippen LogP contribution < -0.4 is 9.46 Å². The molecule has 2 atom stereocenters. The maximum absolute atomic E-state index is 12.1. The summed E-state index contributed by atoms with van der Waals surface area (Å²) in [7, 11) is -2.15. The molecule has 7 nitrogen and oxygen atoms in total. The fourth-order valence-corrected chi connectivity index (χ4v) is 3.14. The highest BCUT2D eigenvalue weighted by molar-refractivity contribution is 7.89. The van der Waals surface area contributed by atoms with E-state index in [9.17, 15) is 13.2 Å². The molecule has 2 rings (SSSR count). The van der Waals surface area contributed by atoms with Gasteiger partial charge in [0.2, 0.25) is 10.0 Å². The molecular formula is C13H17NO6S. The van der Waals surface area contributed by atoms with Gasteiger partial charge < -0.3 is 14.6 Å². The van der Waals surface area contributed by atoms with E-state index in [0.717, 1.165) is 0 Å². The van der Waals surface area contributed by atoms with Gasteiger partial charge in [0.1, 0.15) is 5.75 Å². The first kappa shape index (κ1) is 15.7. The van der Waals surface area contributed by atoms with Gasteiger partial charge in [-0.1, -0.05) is 0 Å². The van der Waals surface area contributed by atoms with Crippen LogP contribution in [0.5, 0.6) is 5.75 Å². The Balaban J connectivity index is 1.94. The van der Waals surface area contributed by atoms with Gasteiger partial charge in [-0.3, -0.25) is 0 Å². The SMILES string of the molecule is COc1ccc(S(=O)(=O)NCC2CCC(C(=O)O)O2)cc1. The van der Waals surface area contributed by atoms with Gasteiger partial charge in [0, 0.05) is 6.54 Å². The second-order valence-corrected chi connectivity index (χ2v) is 6.46. The van der Waals surface area contributed by atoms with Crippen LogP contribution in [0.1, 0.15) is 12.8 Å². The molecule has 1 fully saturated rings. The zero-order chi connectivity index (χ0) is 15.5. The highest BCUT2D eigenvalue weighted by atomic mass is 32.2. The standard InChI is InChI=1S/C13H17NO6S/c1-19-9-2-5-11(6-3-9)21(17,18)14-8-10-4-7-12(20-10)13(15)16/h2-3,5-6,10,12,14H,4,7-8H2,1H3,(H,15,16). The van der Waals surface area contributed by atoms with Crippen molar-refractivity contribution < 1.29 is 27.8 Å². The topological polar surface area (TPSA) is 102 Å². The smallest absolute Gasteiger partial charge is 0.332 e. The van der Waals surface area contributed by atoms with Gasteiger partial charge in [-0.25, -0.2) is 17.9 Å². The van der Waals surface area contributed by atoms with E-state index < -0.39 is 28.2 Å². The molecule has 1 saturated heterocycles. The molecule has 1 aliphatic rings. The first-order valence-corrected chi connectivity index (χ1v) is 7.92. The van der Waals surface area contributed by atoms with Crippen molar-refractivity contribution in [1.82, 2.24) is 4.72 Å². The normalized spacial score (nSPS) is 22.1. The van der Waals surface area contributed by atoms with Crippen LogP contribution in [-0.2, 0) is 19.6 Å². The van der Waals surface area contributed by atoms with Gasteiger partial charge in [-0.2, -0.15) is 0 Å². The number of carbonyl (C=O) groups is 1. The molecule has 2 unspecified atom stereocenters. The number of hydrogen-bond donors (Lipinski definition) is 2. The third-order valence-corrected chi connectivity index (χ3v) is 4.69. The fourth-order valence-electron chi connectivity index (χ4n) is 2.08. The first-order valence-electron chi connectivity index (χ1n) is 6.44. The lowest BCUT2D eigenvalue weighted by Crippen LogP contribution is -2.33. The molecule has 8 heteroatoms. The van der Waals surface area contributed by atoms with Gasteiger partial charge in [0.05, 0.1) is 18.1 Å². The van der Waals surface area contributed by atoms with E-state index in [-0.39, 0.29) is 11.4 Å². The molecule has 0 aromatic heterocycles. The molecule has 0 radical (unpaired) electrons. The Morgan fingerprint density at radius 2 is 2.05 bits per heavy atom. The maximum Gasteiger partial charge on any atom is 0.332 e.